The van der Waals surface area contributed by atoms with E-state index >= 15 is 0 Å². The van der Waals surface area contributed by atoms with Crippen LogP contribution in [0.4, 0.5) is 0 Å². The van der Waals surface area contributed by atoms with Crippen LogP contribution in [0.5, 0.6) is 0 Å². The average Bonchev–Trinajstić information content (AvgIpc) is 2.74. The highest BCUT2D eigenvalue weighted by atomic mass is 32.1. The number of nitrogens with two attached hydrogens (primary N) is 1. The van der Waals surface area contributed by atoms with Gasteiger partial charge in [-0.2, -0.15) is 0 Å². The SMILES string of the molecule is CCC(CC)(C(=O)NCC1CCOC1C)C(N)=S. The summed E-state index contributed by atoms with van der Waals surface area (Å²) in [4.78, 5) is 12.6. The van der Waals surface area contributed by atoms with Gasteiger partial charge in [0.1, 0.15) is 0 Å². The number of amides is 1. The summed E-state index contributed by atoms with van der Waals surface area (Å²) in [5.74, 6) is 0.353. The first-order valence-corrected chi connectivity index (χ1v) is 7.08. The van der Waals surface area contributed by atoms with Gasteiger partial charge in [0, 0.05) is 19.1 Å². The van der Waals surface area contributed by atoms with Gasteiger partial charge in [-0.1, -0.05) is 26.1 Å². The van der Waals surface area contributed by atoms with Crippen molar-refractivity contribution in [1.82, 2.24) is 5.32 Å². The Labute approximate surface area is 115 Å². The van der Waals surface area contributed by atoms with E-state index in [2.05, 4.69) is 5.32 Å². The number of thiocarbonyl (C=S) groups is 1. The van der Waals surface area contributed by atoms with Gasteiger partial charge in [0.2, 0.25) is 5.91 Å². The Bertz CT molecular complexity index is 316. The van der Waals surface area contributed by atoms with Crippen LogP contribution >= 0.6 is 12.2 Å². The first-order chi connectivity index (χ1) is 8.47. The molecular weight excluding hydrogens is 248 g/mol. The smallest absolute Gasteiger partial charge is 0.233 e. The van der Waals surface area contributed by atoms with Gasteiger partial charge >= 0.3 is 0 Å². The van der Waals surface area contributed by atoms with Gasteiger partial charge in [-0.05, 0) is 26.2 Å². The molecule has 1 saturated heterocycles. The largest absolute Gasteiger partial charge is 0.392 e. The van der Waals surface area contributed by atoms with Crippen LogP contribution in [0.15, 0.2) is 0 Å². The fourth-order valence-corrected chi connectivity index (χ4v) is 2.85. The molecule has 0 spiro atoms. The molecule has 1 aliphatic heterocycles. The van der Waals surface area contributed by atoms with Crippen molar-refractivity contribution in [3.63, 3.8) is 0 Å². The maximum absolute atomic E-state index is 12.3. The second-order valence-corrected chi connectivity index (χ2v) is 5.43. The lowest BCUT2D eigenvalue weighted by atomic mass is 9.81. The maximum Gasteiger partial charge on any atom is 0.233 e. The average molecular weight is 272 g/mol. The molecule has 18 heavy (non-hydrogen) atoms. The molecule has 2 unspecified atom stereocenters. The summed E-state index contributed by atoms with van der Waals surface area (Å²) < 4.78 is 5.48. The molecule has 3 N–H and O–H groups in total. The second-order valence-electron chi connectivity index (χ2n) is 4.99. The maximum atomic E-state index is 12.3. The molecule has 0 aromatic carbocycles. The topological polar surface area (TPSA) is 64.3 Å². The van der Waals surface area contributed by atoms with Crippen LogP contribution in [0.1, 0.15) is 40.0 Å². The standard InChI is InChI=1S/C13H24N2O2S/c1-4-13(5-2,11(14)18)12(16)15-8-10-6-7-17-9(10)3/h9-10H,4-8H2,1-3H3,(H2,14,18)(H,15,16). The normalized spacial score (nSPS) is 23.9. The van der Waals surface area contributed by atoms with Crippen molar-refractivity contribution in [3.8, 4) is 0 Å². The second kappa shape index (κ2) is 6.48. The third kappa shape index (κ3) is 3.01. The molecule has 1 fully saturated rings. The van der Waals surface area contributed by atoms with Crippen molar-refractivity contribution in [1.29, 1.82) is 0 Å². The summed E-state index contributed by atoms with van der Waals surface area (Å²) in [6.07, 6.45) is 2.50. The number of hydrogen-bond donors (Lipinski definition) is 2. The van der Waals surface area contributed by atoms with Crippen LogP contribution in [-0.2, 0) is 9.53 Å². The Balaban J connectivity index is 2.60. The number of nitrogens with one attached hydrogen (secondary N) is 1. The Morgan fingerprint density at radius 3 is 2.50 bits per heavy atom. The summed E-state index contributed by atoms with van der Waals surface area (Å²) in [6, 6.07) is 0. The van der Waals surface area contributed by atoms with Crippen LogP contribution in [0.3, 0.4) is 0 Å². The zero-order valence-electron chi connectivity index (χ0n) is 11.5. The Hall–Kier alpha value is -0.680. The van der Waals surface area contributed by atoms with E-state index in [0.29, 0.717) is 30.3 Å². The number of carbonyl (C=O) groups is 1. The third-order valence-corrected chi connectivity index (χ3v) is 4.56. The number of carbonyl (C=O) groups excluding carboxylic acids is 1. The van der Waals surface area contributed by atoms with Crippen molar-refractivity contribution in [3.05, 3.63) is 0 Å². The predicted molar refractivity (Wildman–Crippen MR) is 76.3 cm³/mol. The van der Waals surface area contributed by atoms with E-state index in [1.165, 1.54) is 0 Å². The van der Waals surface area contributed by atoms with E-state index < -0.39 is 5.41 Å². The van der Waals surface area contributed by atoms with E-state index in [9.17, 15) is 4.79 Å². The molecule has 2 atom stereocenters. The lowest BCUT2D eigenvalue weighted by Crippen LogP contribution is -2.49. The summed E-state index contributed by atoms with van der Waals surface area (Å²) >= 11 is 5.07. The van der Waals surface area contributed by atoms with E-state index in [4.69, 9.17) is 22.7 Å². The van der Waals surface area contributed by atoms with Gasteiger partial charge in [-0.15, -0.1) is 0 Å². The quantitative estimate of drug-likeness (QED) is 0.721. The predicted octanol–water partition coefficient (Wildman–Crippen LogP) is 1.62. The Kier molecular flexibility index (Phi) is 5.53. The van der Waals surface area contributed by atoms with Crippen molar-refractivity contribution in [2.75, 3.05) is 13.2 Å². The highest BCUT2D eigenvalue weighted by Gasteiger charge is 2.38. The lowest BCUT2D eigenvalue weighted by molar-refractivity contribution is -0.128. The fraction of sp³-hybridized carbons (Fsp3) is 0.846. The lowest BCUT2D eigenvalue weighted by Gasteiger charge is -2.29. The van der Waals surface area contributed by atoms with Gasteiger partial charge in [0.05, 0.1) is 16.5 Å². The number of ether oxygens (including phenoxy) is 1. The highest BCUT2D eigenvalue weighted by molar-refractivity contribution is 7.80. The molecule has 1 rings (SSSR count). The molecule has 1 amide bonds. The molecule has 0 aromatic heterocycles. The molecule has 4 nitrogen and oxygen atoms in total. The first kappa shape index (κ1) is 15.4. The minimum Gasteiger partial charge on any atom is -0.392 e. The fourth-order valence-electron chi connectivity index (χ4n) is 2.47. The van der Waals surface area contributed by atoms with Crippen LogP contribution in [0.25, 0.3) is 0 Å². The van der Waals surface area contributed by atoms with E-state index in [0.717, 1.165) is 13.0 Å². The van der Waals surface area contributed by atoms with E-state index in [-0.39, 0.29) is 12.0 Å². The molecule has 0 radical (unpaired) electrons. The van der Waals surface area contributed by atoms with Gasteiger partial charge in [0.15, 0.2) is 0 Å². The zero-order valence-corrected chi connectivity index (χ0v) is 12.3. The number of hydrogen-bond acceptors (Lipinski definition) is 3. The molecule has 104 valence electrons. The van der Waals surface area contributed by atoms with Crippen LogP contribution < -0.4 is 11.1 Å². The van der Waals surface area contributed by atoms with Crippen molar-refractivity contribution < 1.29 is 9.53 Å². The molecule has 0 bridgehead atoms. The third-order valence-electron chi connectivity index (χ3n) is 4.17. The van der Waals surface area contributed by atoms with Crippen molar-refractivity contribution in [2.45, 2.75) is 46.1 Å². The molecule has 1 aliphatic rings. The van der Waals surface area contributed by atoms with Gasteiger partial charge < -0.3 is 15.8 Å². The minimum atomic E-state index is -0.696. The molecular formula is C13H24N2O2S. The van der Waals surface area contributed by atoms with Crippen molar-refractivity contribution >= 4 is 23.1 Å². The molecule has 0 saturated carbocycles. The van der Waals surface area contributed by atoms with Gasteiger partial charge in [0.25, 0.3) is 0 Å². The van der Waals surface area contributed by atoms with Gasteiger partial charge in [-0.25, -0.2) is 0 Å². The number of rotatable bonds is 6. The van der Waals surface area contributed by atoms with Crippen LogP contribution in [0.2, 0.25) is 0 Å². The first-order valence-electron chi connectivity index (χ1n) is 6.67. The van der Waals surface area contributed by atoms with E-state index in [1.807, 2.05) is 20.8 Å². The molecule has 0 aromatic rings. The summed E-state index contributed by atoms with van der Waals surface area (Å²) in [5, 5.41) is 2.99. The molecule has 5 heteroatoms. The highest BCUT2D eigenvalue weighted by Crippen LogP contribution is 2.27. The Morgan fingerprint density at radius 1 is 1.50 bits per heavy atom. The Morgan fingerprint density at radius 2 is 2.11 bits per heavy atom. The van der Waals surface area contributed by atoms with Crippen LogP contribution in [0, 0.1) is 11.3 Å². The van der Waals surface area contributed by atoms with Gasteiger partial charge in [-0.3, -0.25) is 4.79 Å². The summed E-state index contributed by atoms with van der Waals surface area (Å²) in [5.41, 5.74) is 5.05. The van der Waals surface area contributed by atoms with Crippen LogP contribution in [-0.4, -0.2) is 30.2 Å². The molecule has 0 aliphatic carbocycles. The monoisotopic (exact) mass is 272 g/mol. The minimum absolute atomic E-state index is 0.0425. The van der Waals surface area contributed by atoms with E-state index in [1.54, 1.807) is 0 Å². The molecule has 1 heterocycles. The van der Waals surface area contributed by atoms with Crippen molar-refractivity contribution in [2.24, 2.45) is 17.1 Å². The summed E-state index contributed by atoms with van der Waals surface area (Å²) in [7, 11) is 0. The zero-order chi connectivity index (χ0) is 13.8. The summed E-state index contributed by atoms with van der Waals surface area (Å²) in [6.45, 7) is 7.37.